The van der Waals surface area contributed by atoms with Gasteiger partial charge in [0.05, 0.1) is 11.1 Å². The summed E-state index contributed by atoms with van der Waals surface area (Å²) < 4.78 is 78.0. The highest BCUT2D eigenvalue weighted by atomic mass is 19.4. The molecule has 1 nitrogen and oxygen atoms in total. The number of hydrogen-bond acceptors (Lipinski definition) is 1. The molecule has 0 aliphatic heterocycles. The number of rotatable bonds is 6. The number of benzene rings is 2. The van der Waals surface area contributed by atoms with Crippen molar-refractivity contribution >= 4 is 5.78 Å². The van der Waals surface area contributed by atoms with Gasteiger partial charge in [0.15, 0.2) is 0 Å². The molecule has 0 bridgehead atoms. The van der Waals surface area contributed by atoms with Gasteiger partial charge < -0.3 is 0 Å². The van der Waals surface area contributed by atoms with Gasteiger partial charge in [0.1, 0.15) is 5.78 Å². The summed E-state index contributed by atoms with van der Waals surface area (Å²) in [6, 6.07) is 10.1. The van der Waals surface area contributed by atoms with E-state index in [0.29, 0.717) is 36.8 Å². The average molecular weight is 483 g/mol. The molecule has 184 valence electrons. The van der Waals surface area contributed by atoms with Crippen molar-refractivity contribution in [2.24, 2.45) is 10.8 Å². The Labute approximate surface area is 195 Å². The van der Waals surface area contributed by atoms with Crippen molar-refractivity contribution in [2.75, 3.05) is 0 Å². The van der Waals surface area contributed by atoms with E-state index >= 15 is 0 Å². The van der Waals surface area contributed by atoms with Crippen LogP contribution >= 0.6 is 0 Å². The first-order valence-corrected chi connectivity index (χ1v) is 11.7. The molecule has 0 amide bonds. The smallest absolute Gasteiger partial charge is 0.298 e. The number of carbonyl (C=O) groups excluding carboxylic acids is 1. The average Bonchev–Trinajstić information content (AvgIpc) is 2.71. The van der Waals surface area contributed by atoms with Crippen molar-refractivity contribution in [3.63, 3.8) is 0 Å². The van der Waals surface area contributed by atoms with Gasteiger partial charge in [0.2, 0.25) is 0 Å². The fourth-order valence-corrected chi connectivity index (χ4v) is 5.88. The summed E-state index contributed by atoms with van der Waals surface area (Å²) in [6.07, 6.45) is -4.38. The van der Waals surface area contributed by atoms with Crippen LogP contribution in [0.1, 0.15) is 86.5 Å². The summed E-state index contributed by atoms with van der Waals surface area (Å²) in [5.41, 5.74) is -1.33. The molecule has 0 heterocycles. The van der Waals surface area contributed by atoms with Gasteiger partial charge >= 0.3 is 12.4 Å². The molecule has 0 aromatic heterocycles. The van der Waals surface area contributed by atoms with E-state index in [1.807, 2.05) is 13.8 Å². The number of ketones is 1. The van der Waals surface area contributed by atoms with E-state index in [0.717, 1.165) is 37.1 Å². The molecule has 2 aliphatic rings. The Morgan fingerprint density at radius 1 is 0.647 bits per heavy atom. The SMILES string of the molecule is CC(c1ccc(C(F)(F)F)cc1)C1(C(=O)C2(C(C)c3ccc(C(F)(F)F)cc3)CCC2)CCC1. The molecule has 2 atom stereocenters. The Morgan fingerprint density at radius 2 is 0.941 bits per heavy atom. The second kappa shape index (κ2) is 8.42. The Balaban J connectivity index is 1.62. The molecular weight excluding hydrogens is 454 g/mol. The molecule has 4 rings (SSSR count). The van der Waals surface area contributed by atoms with Crippen LogP contribution in [0, 0.1) is 10.8 Å². The lowest BCUT2D eigenvalue weighted by Crippen LogP contribution is -2.55. The van der Waals surface area contributed by atoms with Crippen LogP contribution in [0.2, 0.25) is 0 Å². The lowest BCUT2D eigenvalue weighted by atomic mass is 9.46. The summed E-state index contributed by atoms with van der Waals surface area (Å²) >= 11 is 0. The first-order valence-electron chi connectivity index (χ1n) is 11.7. The van der Waals surface area contributed by atoms with Crippen molar-refractivity contribution in [3.8, 4) is 0 Å². The summed E-state index contributed by atoms with van der Waals surface area (Å²) in [6.45, 7) is 3.82. The van der Waals surface area contributed by atoms with E-state index in [2.05, 4.69) is 0 Å². The van der Waals surface area contributed by atoms with Gasteiger partial charge in [-0.2, -0.15) is 26.3 Å². The van der Waals surface area contributed by atoms with Crippen LogP contribution in [0.25, 0.3) is 0 Å². The summed E-state index contributed by atoms with van der Waals surface area (Å²) in [5.74, 6) is -0.362. The van der Waals surface area contributed by atoms with Gasteiger partial charge in [0, 0.05) is 10.8 Å². The molecule has 2 unspecified atom stereocenters. The van der Waals surface area contributed by atoms with Gasteiger partial charge in [-0.05, 0) is 72.9 Å². The third kappa shape index (κ3) is 4.05. The monoisotopic (exact) mass is 482 g/mol. The fourth-order valence-electron chi connectivity index (χ4n) is 5.88. The highest BCUT2D eigenvalue weighted by molar-refractivity contribution is 5.93. The van der Waals surface area contributed by atoms with Crippen LogP contribution in [-0.4, -0.2) is 5.78 Å². The van der Waals surface area contributed by atoms with E-state index in [4.69, 9.17) is 0 Å². The predicted molar refractivity (Wildman–Crippen MR) is 117 cm³/mol. The van der Waals surface area contributed by atoms with E-state index < -0.39 is 34.3 Å². The maximum absolute atomic E-state index is 14.2. The van der Waals surface area contributed by atoms with Crippen LogP contribution in [-0.2, 0) is 17.1 Å². The van der Waals surface area contributed by atoms with E-state index in [9.17, 15) is 31.1 Å². The minimum absolute atomic E-state index is 0.122. The van der Waals surface area contributed by atoms with Crippen molar-refractivity contribution in [1.29, 1.82) is 0 Å². The molecule has 34 heavy (non-hydrogen) atoms. The number of halogens is 6. The molecule has 2 saturated carbocycles. The molecule has 2 fully saturated rings. The quantitative estimate of drug-likeness (QED) is 0.377. The first kappa shape index (κ1) is 24.8. The molecule has 0 radical (unpaired) electrons. The van der Waals surface area contributed by atoms with Gasteiger partial charge in [0.25, 0.3) is 0 Å². The Hall–Kier alpha value is -2.31. The standard InChI is InChI=1S/C27H28F6O/c1-17(19-5-9-21(10-6-19)26(28,29)30)24(13-3-14-24)23(34)25(15-4-16-25)18(2)20-7-11-22(12-8-20)27(31,32)33/h5-12,17-18H,3-4,13-16H2,1-2H3. The largest absolute Gasteiger partial charge is 0.416 e. The third-order valence-electron chi connectivity index (χ3n) is 8.53. The second-order valence-electron chi connectivity index (χ2n) is 10.0. The van der Waals surface area contributed by atoms with E-state index in [-0.39, 0.29) is 17.6 Å². The molecule has 0 N–H and O–H groups in total. The van der Waals surface area contributed by atoms with Crippen molar-refractivity contribution in [3.05, 3.63) is 70.8 Å². The van der Waals surface area contributed by atoms with Gasteiger partial charge in [-0.3, -0.25) is 4.79 Å². The lowest BCUT2D eigenvalue weighted by molar-refractivity contribution is -0.153. The van der Waals surface area contributed by atoms with Gasteiger partial charge in [-0.15, -0.1) is 0 Å². The number of Topliss-reactive ketones (excluding diaryl/α,β-unsaturated/α-hetero) is 1. The zero-order chi connectivity index (χ0) is 24.9. The summed E-state index contributed by atoms with van der Waals surface area (Å²) in [4.78, 5) is 14.2. The van der Waals surface area contributed by atoms with Gasteiger partial charge in [-0.25, -0.2) is 0 Å². The molecule has 7 heteroatoms. The Kier molecular flexibility index (Phi) is 6.14. The summed E-state index contributed by atoms with van der Waals surface area (Å²) in [5, 5.41) is 0. The van der Waals surface area contributed by atoms with Crippen molar-refractivity contribution in [2.45, 2.75) is 76.6 Å². The molecular formula is C27H28F6O. The van der Waals surface area contributed by atoms with Crippen LogP contribution < -0.4 is 0 Å². The summed E-state index contributed by atoms with van der Waals surface area (Å²) in [7, 11) is 0. The molecule has 0 spiro atoms. The fraction of sp³-hybridized carbons (Fsp3) is 0.519. The Morgan fingerprint density at radius 3 is 1.15 bits per heavy atom. The minimum Gasteiger partial charge on any atom is -0.298 e. The maximum Gasteiger partial charge on any atom is 0.416 e. The third-order valence-corrected chi connectivity index (χ3v) is 8.53. The first-order chi connectivity index (χ1) is 15.8. The molecule has 2 aliphatic carbocycles. The van der Waals surface area contributed by atoms with Crippen LogP contribution in [0.15, 0.2) is 48.5 Å². The maximum atomic E-state index is 14.2. The van der Waals surface area contributed by atoms with E-state index in [1.54, 1.807) is 0 Å². The normalized spacial score (nSPS) is 21.2. The zero-order valence-corrected chi connectivity index (χ0v) is 19.2. The highest BCUT2D eigenvalue weighted by Gasteiger charge is 2.59. The molecule has 0 saturated heterocycles. The molecule has 2 aromatic carbocycles. The van der Waals surface area contributed by atoms with Crippen LogP contribution in [0.4, 0.5) is 26.3 Å². The lowest BCUT2D eigenvalue weighted by Gasteiger charge is -2.55. The Bertz CT molecular complexity index is 941. The van der Waals surface area contributed by atoms with E-state index in [1.165, 1.54) is 24.3 Å². The van der Waals surface area contributed by atoms with Crippen molar-refractivity contribution < 1.29 is 31.1 Å². The number of hydrogen-bond donors (Lipinski definition) is 0. The number of carbonyl (C=O) groups is 1. The number of alkyl halides is 6. The van der Waals surface area contributed by atoms with Crippen LogP contribution in [0.3, 0.4) is 0 Å². The second-order valence-corrected chi connectivity index (χ2v) is 10.0. The zero-order valence-electron chi connectivity index (χ0n) is 19.2. The minimum atomic E-state index is -4.42. The van der Waals surface area contributed by atoms with Gasteiger partial charge in [-0.1, -0.05) is 51.0 Å². The molecule has 2 aromatic rings. The predicted octanol–water partition coefficient (Wildman–Crippen LogP) is 8.54. The topological polar surface area (TPSA) is 17.1 Å². The van der Waals surface area contributed by atoms with Crippen LogP contribution in [0.5, 0.6) is 0 Å². The van der Waals surface area contributed by atoms with Crippen molar-refractivity contribution in [1.82, 2.24) is 0 Å². The highest BCUT2D eigenvalue weighted by Crippen LogP contribution is 2.62.